The minimum absolute atomic E-state index is 0.316. The molecule has 0 spiro atoms. The van der Waals surface area contributed by atoms with Gasteiger partial charge in [-0.25, -0.2) is 14.2 Å². The van der Waals surface area contributed by atoms with Gasteiger partial charge in [-0.3, -0.25) is 0 Å². The second kappa shape index (κ2) is 11.6. The SMILES string of the molecule is C=CC(=O)OCCCCOC(=O)C=C.O=P(O)(O)O. The molecule has 0 heterocycles. The lowest BCUT2D eigenvalue weighted by Crippen LogP contribution is -2.05. The van der Waals surface area contributed by atoms with Gasteiger partial charge < -0.3 is 24.2 Å². The van der Waals surface area contributed by atoms with Crippen LogP contribution in [0.25, 0.3) is 0 Å². The maximum Gasteiger partial charge on any atom is 0.466 e. The fourth-order valence-corrected chi connectivity index (χ4v) is 0.667. The van der Waals surface area contributed by atoms with Gasteiger partial charge in [-0.15, -0.1) is 0 Å². The summed E-state index contributed by atoms with van der Waals surface area (Å²) in [6.07, 6.45) is 3.53. The third kappa shape index (κ3) is 26.3. The second-order valence-electron chi connectivity index (χ2n) is 2.96. The van der Waals surface area contributed by atoms with E-state index in [1.807, 2.05) is 0 Å². The van der Waals surface area contributed by atoms with E-state index in [9.17, 15) is 9.59 Å². The summed E-state index contributed by atoms with van der Waals surface area (Å²) < 4.78 is 18.3. The molecule has 0 bridgehead atoms. The maximum atomic E-state index is 10.6. The number of hydrogen-bond acceptors (Lipinski definition) is 5. The minimum atomic E-state index is -4.64. The van der Waals surface area contributed by atoms with Crippen LogP contribution in [0.2, 0.25) is 0 Å². The molecule has 0 atom stereocenters. The molecule has 3 N–H and O–H groups in total. The largest absolute Gasteiger partial charge is 0.466 e. The predicted octanol–water partition coefficient (Wildman–Crippen LogP) is 0.296. The third-order valence-corrected chi connectivity index (χ3v) is 1.36. The molecule has 0 unspecified atom stereocenters. The summed E-state index contributed by atoms with van der Waals surface area (Å²) in [6, 6.07) is 0. The summed E-state index contributed by atoms with van der Waals surface area (Å²) in [5.74, 6) is -0.874. The summed E-state index contributed by atoms with van der Waals surface area (Å²) in [7, 11) is -4.64. The molecule has 110 valence electrons. The Morgan fingerprint density at radius 3 is 1.42 bits per heavy atom. The normalized spacial score (nSPS) is 9.63. The first-order valence-corrected chi connectivity index (χ1v) is 6.64. The van der Waals surface area contributed by atoms with Gasteiger partial charge in [-0.05, 0) is 12.8 Å². The molecular formula is C10H17O8P. The van der Waals surface area contributed by atoms with Crippen molar-refractivity contribution in [1.29, 1.82) is 0 Å². The molecule has 8 nitrogen and oxygen atoms in total. The number of hydrogen-bond donors (Lipinski definition) is 3. The van der Waals surface area contributed by atoms with Gasteiger partial charge in [-0.1, -0.05) is 13.2 Å². The molecule has 0 saturated carbocycles. The van der Waals surface area contributed by atoms with E-state index in [0.717, 1.165) is 12.2 Å². The number of carbonyl (C=O) groups excluding carboxylic acids is 2. The van der Waals surface area contributed by atoms with E-state index in [1.54, 1.807) is 0 Å². The quantitative estimate of drug-likeness (QED) is 0.264. The Morgan fingerprint density at radius 1 is 0.947 bits per heavy atom. The standard InChI is InChI=1S/C10H14O4.H3O4P/c1-3-9(11)13-7-5-6-8-14-10(12)4-2;1-5(2,3)4/h3-4H,1-2,5-8H2;(H3,1,2,3,4). The van der Waals surface area contributed by atoms with Crippen LogP contribution in [-0.4, -0.2) is 39.8 Å². The van der Waals surface area contributed by atoms with Crippen LogP contribution in [0, 0.1) is 0 Å². The lowest BCUT2D eigenvalue weighted by molar-refractivity contribution is -0.140. The molecule has 0 aliphatic rings. The van der Waals surface area contributed by atoms with Gasteiger partial charge >= 0.3 is 19.8 Å². The van der Waals surface area contributed by atoms with Crippen LogP contribution in [0.15, 0.2) is 25.3 Å². The monoisotopic (exact) mass is 296 g/mol. The average molecular weight is 296 g/mol. The summed E-state index contributed by atoms with van der Waals surface area (Å²) in [4.78, 5) is 42.7. The second-order valence-corrected chi connectivity index (χ2v) is 3.99. The van der Waals surface area contributed by atoms with Gasteiger partial charge in [0.2, 0.25) is 0 Å². The Morgan fingerprint density at radius 2 is 1.21 bits per heavy atom. The summed E-state index contributed by atoms with van der Waals surface area (Å²) in [6.45, 7) is 7.14. The van der Waals surface area contributed by atoms with Crippen molar-refractivity contribution in [3.8, 4) is 0 Å². The van der Waals surface area contributed by atoms with Crippen molar-refractivity contribution in [3.63, 3.8) is 0 Å². The summed E-state index contributed by atoms with van der Waals surface area (Å²) in [5.41, 5.74) is 0. The minimum Gasteiger partial charge on any atom is -0.463 e. The van der Waals surface area contributed by atoms with Gasteiger partial charge in [0.25, 0.3) is 0 Å². The highest BCUT2D eigenvalue weighted by molar-refractivity contribution is 7.45. The number of esters is 2. The first-order chi connectivity index (χ1) is 8.70. The van der Waals surface area contributed by atoms with E-state index in [1.165, 1.54) is 0 Å². The van der Waals surface area contributed by atoms with E-state index in [0.29, 0.717) is 26.1 Å². The lowest BCUT2D eigenvalue weighted by Gasteiger charge is -2.02. The molecule has 0 rings (SSSR count). The Balaban J connectivity index is 0. The summed E-state index contributed by atoms with van der Waals surface area (Å²) >= 11 is 0. The third-order valence-electron chi connectivity index (χ3n) is 1.36. The first kappa shape index (κ1) is 19.9. The van der Waals surface area contributed by atoms with E-state index in [4.69, 9.17) is 28.7 Å². The zero-order chi connectivity index (χ0) is 15.3. The zero-order valence-corrected chi connectivity index (χ0v) is 11.1. The molecule has 9 heteroatoms. The Bertz CT molecular complexity index is 313. The molecule has 0 aromatic carbocycles. The number of ether oxygens (including phenoxy) is 2. The van der Waals surface area contributed by atoms with Crippen molar-refractivity contribution in [2.45, 2.75) is 12.8 Å². The lowest BCUT2D eigenvalue weighted by atomic mass is 10.3. The fraction of sp³-hybridized carbons (Fsp3) is 0.400. The van der Waals surface area contributed by atoms with Gasteiger partial charge in [0.15, 0.2) is 0 Å². The van der Waals surface area contributed by atoms with E-state index < -0.39 is 19.8 Å². The van der Waals surface area contributed by atoms with Gasteiger partial charge in [0.05, 0.1) is 13.2 Å². The maximum absolute atomic E-state index is 10.6. The highest BCUT2D eigenvalue weighted by Gasteiger charge is 2.00. The molecule has 0 aromatic heterocycles. The van der Waals surface area contributed by atoms with Crippen molar-refractivity contribution in [2.75, 3.05) is 13.2 Å². The number of rotatable bonds is 7. The van der Waals surface area contributed by atoms with Crippen molar-refractivity contribution in [2.24, 2.45) is 0 Å². The van der Waals surface area contributed by atoms with Crippen LogP contribution >= 0.6 is 7.82 Å². The molecule has 19 heavy (non-hydrogen) atoms. The molecule has 0 aliphatic carbocycles. The highest BCUT2D eigenvalue weighted by atomic mass is 31.2. The van der Waals surface area contributed by atoms with E-state index >= 15 is 0 Å². The number of unbranched alkanes of at least 4 members (excludes halogenated alkanes) is 1. The van der Waals surface area contributed by atoms with Crippen LogP contribution in [0.3, 0.4) is 0 Å². The van der Waals surface area contributed by atoms with Crippen LogP contribution in [0.1, 0.15) is 12.8 Å². The van der Waals surface area contributed by atoms with Gasteiger partial charge in [0.1, 0.15) is 0 Å². The topological polar surface area (TPSA) is 130 Å². The fourth-order valence-electron chi connectivity index (χ4n) is 0.667. The zero-order valence-electron chi connectivity index (χ0n) is 10.2. The number of carbonyl (C=O) groups is 2. The first-order valence-electron chi connectivity index (χ1n) is 5.07. The van der Waals surface area contributed by atoms with Crippen LogP contribution in [-0.2, 0) is 23.6 Å². The van der Waals surface area contributed by atoms with E-state index in [-0.39, 0.29) is 0 Å². The molecule has 0 aromatic rings. The molecule has 0 amide bonds. The molecule has 0 fully saturated rings. The highest BCUT2D eigenvalue weighted by Crippen LogP contribution is 2.25. The Hall–Kier alpha value is -1.47. The van der Waals surface area contributed by atoms with Crippen LogP contribution < -0.4 is 0 Å². The predicted molar refractivity (Wildman–Crippen MR) is 65.8 cm³/mol. The van der Waals surface area contributed by atoms with Crippen molar-refractivity contribution >= 4 is 19.8 Å². The Labute approximate surface area is 110 Å². The molecule has 0 aliphatic heterocycles. The van der Waals surface area contributed by atoms with Crippen molar-refractivity contribution < 1.29 is 38.3 Å². The molecular weight excluding hydrogens is 279 g/mol. The van der Waals surface area contributed by atoms with Crippen molar-refractivity contribution in [1.82, 2.24) is 0 Å². The van der Waals surface area contributed by atoms with Gasteiger partial charge in [-0.2, -0.15) is 0 Å². The molecule has 0 radical (unpaired) electrons. The van der Waals surface area contributed by atoms with Crippen LogP contribution in [0.5, 0.6) is 0 Å². The average Bonchev–Trinajstić information content (AvgIpc) is 2.30. The van der Waals surface area contributed by atoms with E-state index in [2.05, 4.69) is 13.2 Å². The molecule has 0 saturated heterocycles. The summed E-state index contributed by atoms with van der Waals surface area (Å²) in [5, 5.41) is 0. The van der Waals surface area contributed by atoms with Gasteiger partial charge in [0, 0.05) is 12.2 Å². The Kier molecular flexibility index (Phi) is 12.1. The number of phosphoric acid groups is 1. The smallest absolute Gasteiger partial charge is 0.463 e. The van der Waals surface area contributed by atoms with Crippen molar-refractivity contribution in [3.05, 3.63) is 25.3 Å². The van der Waals surface area contributed by atoms with Crippen LogP contribution in [0.4, 0.5) is 0 Å².